The molecule has 2 aromatic heterocycles. The lowest BCUT2D eigenvalue weighted by molar-refractivity contribution is 0.0699. The van der Waals surface area contributed by atoms with Gasteiger partial charge in [-0.05, 0) is 38.5 Å². The number of ether oxygens (including phenoxy) is 2. The average Bonchev–Trinajstić information content (AvgIpc) is 3.27. The third kappa shape index (κ3) is 7.60. The smallest absolute Gasteiger partial charge is 0.342 e. The van der Waals surface area contributed by atoms with Crippen molar-refractivity contribution < 1.29 is 18.6 Å². The number of nitrogens with zero attached hydrogens (tertiary/aromatic N) is 4. The first kappa shape index (κ1) is 26.8. The van der Waals surface area contributed by atoms with Gasteiger partial charge in [0.05, 0.1) is 32.2 Å². The number of imidazole rings is 1. The number of nitrogens with one attached hydrogen (secondary N) is 1. The maximum absolute atomic E-state index is 14.0. The topological polar surface area (TPSA) is 126 Å². The number of benzene rings is 2. The van der Waals surface area contributed by atoms with Crippen LogP contribution in [0.15, 0.2) is 73.3 Å². The summed E-state index contributed by atoms with van der Waals surface area (Å²) in [5, 5.41) is 3.18. The van der Waals surface area contributed by atoms with Gasteiger partial charge in [-0.25, -0.2) is 20.0 Å². The summed E-state index contributed by atoms with van der Waals surface area (Å²) in [7, 11) is -3.50. The third-order valence-electron chi connectivity index (χ3n) is 5.46. The maximum Gasteiger partial charge on any atom is 0.342 e. The second kappa shape index (κ2) is 11.8. The van der Waals surface area contributed by atoms with Gasteiger partial charge >= 0.3 is 7.52 Å². The van der Waals surface area contributed by atoms with E-state index in [1.807, 2.05) is 73.9 Å². The number of hydrogen-bond acceptors (Lipinski definition) is 8. The van der Waals surface area contributed by atoms with E-state index < -0.39 is 13.1 Å². The van der Waals surface area contributed by atoms with Crippen molar-refractivity contribution in [1.29, 1.82) is 0 Å². The van der Waals surface area contributed by atoms with Crippen LogP contribution in [-0.2, 0) is 27.2 Å². The first-order chi connectivity index (χ1) is 17.7. The lowest BCUT2D eigenvalue weighted by atomic mass is 10.1. The Morgan fingerprint density at radius 3 is 2.49 bits per heavy atom. The Labute approximate surface area is 216 Å². The fourth-order valence-electron chi connectivity index (χ4n) is 3.81. The van der Waals surface area contributed by atoms with Gasteiger partial charge in [-0.15, -0.1) is 0 Å². The molecule has 196 valence electrons. The molecule has 11 heteroatoms. The second-order valence-corrected chi connectivity index (χ2v) is 11.5. The van der Waals surface area contributed by atoms with Gasteiger partial charge < -0.3 is 24.3 Å². The van der Waals surface area contributed by atoms with Crippen molar-refractivity contribution in [2.75, 3.05) is 18.7 Å². The minimum Gasteiger partial charge on any atom is -0.431 e. The van der Waals surface area contributed by atoms with E-state index in [-0.39, 0.29) is 12.5 Å². The number of anilines is 1. The quantitative estimate of drug-likeness (QED) is 0.241. The highest BCUT2D eigenvalue weighted by Crippen LogP contribution is 2.45. The highest BCUT2D eigenvalue weighted by molar-refractivity contribution is 7.57. The Kier molecular flexibility index (Phi) is 8.56. The standard InChI is InChI=1S/C26H33N6O4P/c1-20(14-32-18-30-23-24(27)28-17-29-25(23)32)35-19-37(33,36-22-12-8-5-9-13-22)31-26(2,3)16-34-15-21-10-6-4-7-11-21/h4-13,17-18,20H,14-16,19H2,1-3H3,(H,31,33)(H2,27,28,29)/t20-,37?/m1/s1. The van der Waals surface area contributed by atoms with Gasteiger partial charge in [0.25, 0.3) is 0 Å². The van der Waals surface area contributed by atoms with Crippen LogP contribution in [0, 0.1) is 0 Å². The molecular formula is C26H33N6O4P. The normalized spacial score (nSPS) is 14.4. The van der Waals surface area contributed by atoms with Crippen molar-refractivity contribution in [1.82, 2.24) is 24.6 Å². The van der Waals surface area contributed by atoms with Crippen LogP contribution in [0.25, 0.3) is 11.2 Å². The number of para-hydroxylation sites is 1. The molecule has 0 radical (unpaired) electrons. The minimum atomic E-state index is -3.50. The van der Waals surface area contributed by atoms with Crippen molar-refractivity contribution in [2.45, 2.75) is 45.6 Å². The minimum absolute atomic E-state index is 0.144. The summed E-state index contributed by atoms with van der Waals surface area (Å²) in [5.74, 6) is 0.808. The molecule has 0 saturated heterocycles. The van der Waals surface area contributed by atoms with Crippen LogP contribution in [0.5, 0.6) is 5.75 Å². The van der Waals surface area contributed by atoms with Crippen LogP contribution in [0.4, 0.5) is 5.82 Å². The molecule has 4 rings (SSSR count). The van der Waals surface area contributed by atoms with Crippen LogP contribution in [-0.4, -0.2) is 44.1 Å². The molecule has 37 heavy (non-hydrogen) atoms. The van der Waals surface area contributed by atoms with Crippen molar-refractivity contribution in [3.63, 3.8) is 0 Å². The third-order valence-corrected chi connectivity index (χ3v) is 7.40. The Balaban J connectivity index is 1.41. The summed E-state index contributed by atoms with van der Waals surface area (Å²) < 4.78 is 33.8. The van der Waals surface area contributed by atoms with E-state index in [0.717, 1.165) is 5.56 Å². The number of rotatable bonds is 13. The van der Waals surface area contributed by atoms with Crippen LogP contribution in [0.3, 0.4) is 0 Å². The Bertz CT molecular complexity index is 1330. The predicted molar refractivity (Wildman–Crippen MR) is 143 cm³/mol. The molecule has 2 heterocycles. The van der Waals surface area contributed by atoms with E-state index in [9.17, 15) is 4.57 Å². The van der Waals surface area contributed by atoms with Crippen molar-refractivity contribution in [3.8, 4) is 5.75 Å². The molecule has 0 bridgehead atoms. The zero-order chi connectivity index (χ0) is 26.3. The van der Waals surface area contributed by atoms with E-state index in [1.54, 1.807) is 18.5 Å². The zero-order valence-electron chi connectivity index (χ0n) is 21.3. The van der Waals surface area contributed by atoms with Gasteiger partial charge in [-0.2, -0.15) is 0 Å². The number of fused-ring (bicyclic) bond motifs is 1. The first-order valence-electron chi connectivity index (χ1n) is 12.0. The van der Waals surface area contributed by atoms with Gasteiger partial charge in [0.2, 0.25) is 0 Å². The van der Waals surface area contributed by atoms with Crippen LogP contribution >= 0.6 is 7.52 Å². The SMILES string of the molecule is C[C@H](Cn1cnc2c(N)ncnc21)OCP(=O)(NC(C)(C)COCc1ccccc1)Oc1ccccc1. The molecule has 4 aromatic rings. The molecule has 0 aliphatic rings. The largest absolute Gasteiger partial charge is 0.431 e. The molecular weight excluding hydrogens is 491 g/mol. The molecule has 2 atom stereocenters. The lowest BCUT2D eigenvalue weighted by Gasteiger charge is -2.32. The number of hydrogen-bond donors (Lipinski definition) is 2. The molecule has 0 amide bonds. The number of aromatic nitrogens is 4. The van der Waals surface area contributed by atoms with Crippen LogP contribution in [0.2, 0.25) is 0 Å². The Hall–Kier alpha value is -3.30. The molecule has 3 N–H and O–H groups in total. The van der Waals surface area contributed by atoms with Gasteiger partial charge in [0.1, 0.15) is 23.9 Å². The molecule has 10 nitrogen and oxygen atoms in total. The second-order valence-electron chi connectivity index (χ2n) is 9.49. The molecule has 0 spiro atoms. The van der Waals surface area contributed by atoms with E-state index in [1.165, 1.54) is 6.33 Å². The molecule has 1 unspecified atom stereocenters. The summed E-state index contributed by atoms with van der Waals surface area (Å²) in [6, 6.07) is 19.0. The van der Waals surface area contributed by atoms with Crippen LogP contribution in [0.1, 0.15) is 26.3 Å². The fraction of sp³-hybridized carbons (Fsp3) is 0.346. The van der Waals surface area contributed by atoms with E-state index in [0.29, 0.717) is 42.5 Å². The molecule has 0 aliphatic heterocycles. The van der Waals surface area contributed by atoms with E-state index in [4.69, 9.17) is 19.7 Å². The summed E-state index contributed by atoms with van der Waals surface area (Å²) in [6.45, 7) is 6.94. The summed E-state index contributed by atoms with van der Waals surface area (Å²) in [4.78, 5) is 12.5. The lowest BCUT2D eigenvalue weighted by Crippen LogP contribution is -2.43. The average molecular weight is 525 g/mol. The van der Waals surface area contributed by atoms with Gasteiger partial charge in [-0.1, -0.05) is 48.5 Å². The Morgan fingerprint density at radius 2 is 1.76 bits per heavy atom. The van der Waals surface area contributed by atoms with Crippen molar-refractivity contribution in [2.24, 2.45) is 0 Å². The van der Waals surface area contributed by atoms with Gasteiger partial charge in [-0.3, -0.25) is 4.57 Å². The molecule has 0 fully saturated rings. The molecule has 0 aliphatic carbocycles. The summed E-state index contributed by atoms with van der Waals surface area (Å²) in [6.07, 6.45) is 2.58. The van der Waals surface area contributed by atoms with E-state index >= 15 is 0 Å². The fourth-order valence-corrected chi connectivity index (χ4v) is 5.87. The first-order valence-corrected chi connectivity index (χ1v) is 13.8. The zero-order valence-corrected chi connectivity index (χ0v) is 22.2. The number of nitrogens with two attached hydrogens (primary N) is 1. The van der Waals surface area contributed by atoms with Gasteiger partial charge in [0, 0.05) is 5.54 Å². The number of nitrogen functional groups attached to an aromatic ring is 1. The molecule has 0 saturated carbocycles. The highest BCUT2D eigenvalue weighted by Gasteiger charge is 2.34. The maximum atomic E-state index is 14.0. The van der Waals surface area contributed by atoms with E-state index in [2.05, 4.69) is 20.0 Å². The predicted octanol–water partition coefficient (Wildman–Crippen LogP) is 4.63. The summed E-state index contributed by atoms with van der Waals surface area (Å²) in [5.41, 5.74) is 7.45. The monoisotopic (exact) mass is 524 g/mol. The highest BCUT2D eigenvalue weighted by atomic mass is 31.2. The Morgan fingerprint density at radius 1 is 1.05 bits per heavy atom. The summed E-state index contributed by atoms with van der Waals surface area (Å²) >= 11 is 0. The van der Waals surface area contributed by atoms with Crippen LogP contribution < -0.4 is 15.3 Å². The van der Waals surface area contributed by atoms with Gasteiger partial charge in [0.15, 0.2) is 11.5 Å². The van der Waals surface area contributed by atoms with Crippen molar-refractivity contribution >= 4 is 24.5 Å². The van der Waals surface area contributed by atoms with Crippen molar-refractivity contribution in [3.05, 3.63) is 78.9 Å². The molecule has 2 aromatic carbocycles.